The Morgan fingerprint density at radius 1 is 1.33 bits per heavy atom. The fourth-order valence-electron chi connectivity index (χ4n) is 2.66. The normalized spacial score (nSPS) is 17.0. The lowest BCUT2D eigenvalue weighted by atomic mass is 10.4. The Morgan fingerprint density at radius 3 is 2.52 bits per heavy atom. The minimum atomic E-state index is -3.43. The molecule has 0 unspecified atom stereocenters. The maximum absolute atomic E-state index is 12.6. The number of likely N-dealkylation sites (tertiary alicyclic amines) is 1. The maximum Gasteiger partial charge on any atom is 0.244 e. The molecule has 0 N–H and O–H groups in total. The summed E-state index contributed by atoms with van der Waals surface area (Å²) in [5, 5.41) is 0. The summed E-state index contributed by atoms with van der Waals surface area (Å²) in [6, 6.07) is 1.68. The average molecular weight is 334 g/mol. The van der Waals surface area contributed by atoms with Gasteiger partial charge in [0.15, 0.2) is 0 Å². The molecule has 0 atom stereocenters. The van der Waals surface area contributed by atoms with Crippen LogP contribution in [0.4, 0.5) is 0 Å². The molecular weight excluding hydrogens is 310 g/mol. The quantitative estimate of drug-likeness (QED) is 0.717. The third-order valence-corrected chi connectivity index (χ3v) is 6.17. The molecule has 1 fully saturated rings. The Labute approximate surface area is 132 Å². The Hall–Kier alpha value is -0.560. The fourth-order valence-corrected chi connectivity index (χ4v) is 4.12. The van der Waals surface area contributed by atoms with Gasteiger partial charge in [0, 0.05) is 38.6 Å². The van der Waals surface area contributed by atoms with Crippen molar-refractivity contribution in [3.8, 4) is 0 Å². The lowest BCUT2D eigenvalue weighted by molar-refractivity contribution is 0.310. The summed E-state index contributed by atoms with van der Waals surface area (Å²) in [6.45, 7) is 6.17. The number of alkyl halides is 1. The lowest BCUT2D eigenvalue weighted by Gasteiger charge is -2.20. The van der Waals surface area contributed by atoms with Crippen LogP contribution in [0.25, 0.3) is 0 Å². The van der Waals surface area contributed by atoms with Gasteiger partial charge in [-0.15, -0.1) is 11.6 Å². The Bertz CT molecular complexity index is 543. The number of sulfonamides is 1. The maximum atomic E-state index is 12.6. The summed E-state index contributed by atoms with van der Waals surface area (Å²) < 4.78 is 28.5. The molecule has 2 heterocycles. The molecule has 0 saturated carbocycles. The average Bonchev–Trinajstić information content (AvgIpc) is 3.13. The number of hydrogen-bond donors (Lipinski definition) is 0. The molecule has 1 aromatic heterocycles. The molecule has 0 spiro atoms. The summed E-state index contributed by atoms with van der Waals surface area (Å²) in [4.78, 5) is 2.65. The number of aromatic nitrogens is 1. The first kappa shape index (κ1) is 16.8. The van der Waals surface area contributed by atoms with Gasteiger partial charge < -0.3 is 9.47 Å². The second-order valence-corrected chi connectivity index (χ2v) is 7.77. The van der Waals surface area contributed by atoms with Crippen molar-refractivity contribution in [2.75, 3.05) is 33.2 Å². The third-order valence-electron chi connectivity index (χ3n) is 4.08. The number of rotatable bonds is 7. The zero-order chi connectivity index (χ0) is 15.5. The van der Waals surface area contributed by atoms with Gasteiger partial charge in [0.25, 0.3) is 0 Å². The van der Waals surface area contributed by atoms with Crippen LogP contribution in [0.3, 0.4) is 0 Å². The van der Waals surface area contributed by atoms with Crippen molar-refractivity contribution in [2.24, 2.45) is 0 Å². The van der Waals surface area contributed by atoms with Gasteiger partial charge in [-0.25, -0.2) is 8.42 Å². The van der Waals surface area contributed by atoms with Crippen LogP contribution in [0.2, 0.25) is 0 Å². The van der Waals surface area contributed by atoms with Gasteiger partial charge in [-0.05, 0) is 38.9 Å². The van der Waals surface area contributed by atoms with E-state index in [0.29, 0.717) is 17.3 Å². The van der Waals surface area contributed by atoms with Crippen LogP contribution in [0.5, 0.6) is 0 Å². The molecule has 1 aromatic rings. The molecule has 1 saturated heterocycles. The molecule has 0 bridgehead atoms. The minimum Gasteiger partial charge on any atom is -0.349 e. The van der Waals surface area contributed by atoms with E-state index in [4.69, 9.17) is 11.6 Å². The van der Waals surface area contributed by atoms with Crippen LogP contribution in [-0.4, -0.2) is 55.4 Å². The zero-order valence-corrected chi connectivity index (χ0v) is 14.3. The molecule has 7 heteroatoms. The molecule has 120 valence electrons. The van der Waals surface area contributed by atoms with Gasteiger partial charge in [0.2, 0.25) is 10.0 Å². The first-order chi connectivity index (χ1) is 9.98. The number of likely N-dealkylation sites (N-methyl/N-ethyl adjacent to an activating group) is 1. The van der Waals surface area contributed by atoms with E-state index in [2.05, 4.69) is 4.90 Å². The first-order valence-electron chi connectivity index (χ1n) is 7.42. The van der Waals surface area contributed by atoms with Crippen molar-refractivity contribution in [3.63, 3.8) is 0 Å². The molecule has 1 aliphatic heterocycles. The van der Waals surface area contributed by atoms with E-state index in [-0.39, 0.29) is 0 Å². The van der Waals surface area contributed by atoms with Crippen molar-refractivity contribution in [1.29, 1.82) is 0 Å². The second-order valence-electron chi connectivity index (χ2n) is 5.46. The predicted molar refractivity (Wildman–Crippen MR) is 85.2 cm³/mol. The van der Waals surface area contributed by atoms with Crippen molar-refractivity contribution in [2.45, 2.75) is 37.1 Å². The van der Waals surface area contributed by atoms with Gasteiger partial charge >= 0.3 is 0 Å². The highest BCUT2D eigenvalue weighted by atomic mass is 35.5. The second kappa shape index (κ2) is 7.13. The molecule has 0 radical (unpaired) electrons. The van der Waals surface area contributed by atoms with E-state index in [1.165, 1.54) is 17.1 Å². The van der Waals surface area contributed by atoms with Crippen molar-refractivity contribution >= 4 is 21.6 Å². The summed E-state index contributed by atoms with van der Waals surface area (Å²) in [6.07, 6.45) is 4.11. The van der Waals surface area contributed by atoms with Gasteiger partial charge in [-0.1, -0.05) is 0 Å². The molecule has 0 aliphatic carbocycles. The molecule has 21 heavy (non-hydrogen) atoms. The molecule has 2 rings (SSSR count). The minimum absolute atomic E-state index is 0.320. The van der Waals surface area contributed by atoms with Crippen LogP contribution in [0.15, 0.2) is 17.2 Å². The van der Waals surface area contributed by atoms with Crippen LogP contribution in [0.1, 0.15) is 25.5 Å². The molecule has 0 amide bonds. The van der Waals surface area contributed by atoms with Crippen molar-refractivity contribution in [1.82, 2.24) is 13.8 Å². The summed E-state index contributed by atoms with van der Waals surface area (Å²) in [5.74, 6) is 0.320. The largest absolute Gasteiger partial charge is 0.349 e. The molecule has 1 aliphatic rings. The van der Waals surface area contributed by atoms with E-state index < -0.39 is 10.0 Å². The highest BCUT2D eigenvalue weighted by Gasteiger charge is 2.24. The Morgan fingerprint density at radius 2 is 2.00 bits per heavy atom. The highest BCUT2D eigenvalue weighted by Crippen LogP contribution is 2.19. The van der Waals surface area contributed by atoms with Gasteiger partial charge in [-0.3, -0.25) is 0 Å². The lowest BCUT2D eigenvalue weighted by Crippen LogP contribution is -2.35. The topological polar surface area (TPSA) is 45.6 Å². The number of hydrogen-bond acceptors (Lipinski definition) is 3. The smallest absolute Gasteiger partial charge is 0.244 e. The zero-order valence-electron chi connectivity index (χ0n) is 12.8. The van der Waals surface area contributed by atoms with E-state index in [1.54, 1.807) is 19.3 Å². The summed E-state index contributed by atoms with van der Waals surface area (Å²) >= 11 is 5.87. The Kier molecular flexibility index (Phi) is 5.71. The van der Waals surface area contributed by atoms with Crippen LogP contribution >= 0.6 is 11.6 Å². The number of nitrogens with zero attached hydrogens (tertiary/aromatic N) is 3. The fraction of sp³-hybridized carbons (Fsp3) is 0.714. The number of aryl methyl sites for hydroxylation is 1. The molecule has 0 aromatic carbocycles. The summed E-state index contributed by atoms with van der Waals surface area (Å²) in [7, 11) is -1.78. The van der Waals surface area contributed by atoms with Gasteiger partial charge in [0.05, 0.1) is 5.88 Å². The van der Waals surface area contributed by atoms with Crippen molar-refractivity contribution < 1.29 is 8.42 Å². The van der Waals surface area contributed by atoms with E-state index in [9.17, 15) is 8.42 Å². The molecular formula is C14H24ClN3O2S. The number of halogens is 1. The standard InChI is InChI=1S/C14H24ClN3O2S/c1-3-18-12-14(10-13(18)11-15)21(19,20)16(2)8-9-17-6-4-5-7-17/h10,12H,3-9,11H2,1-2H3. The SMILES string of the molecule is CCn1cc(S(=O)(=O)N(C)CCN2CCCC2)cc1CCl. The third kappa shape index (κ3) is 3.80. The van der Waals surface area contributed by atoms with Crippen LogP contribution in [0, 0.1) is 0 Å². The highest BCUT2D eigenvalue weighted by molar-refractivity contribution is 7.89. The predicted octanol–water partition coefficient (Wildman–Crippen LogP) is 1.96. The van der Waals surface area contributed by atoms with Gasteiger partial charge in [0.1, 0.15) is 4.90 Å². The molecule has 5 nitrogen and oxygen atoms in total. The van der Waals surface area contributed by atoms with Crippen LogP contribution in [-0.2, 0) is 22.4 Å². The van der Waals surface area contributed by atoms with E-state index in [0.717, 1.165) is 31.9 Å². The van der Waals surface area contributed by atoms with E-state index >= 15 is 0 Å². The van der Waals surface area contributed by atoms with Crippen molar-refractivity contribution in [3.05, 3.63) is 18.0 Å². The summed E-state index contributed by atoms with van der Waals surface area (Å²) in [5.41, 5.74) is 0.839. The monoisotopic (exact) mass is 333 g/mol. The first-order valence-corrected chi connectivity index (χ1v) is 9.40. The van der Waals surface area contributed by atoms with Crippen LogP contribution < -0.4 is 0 Å². The Balaban J connectivity index is 2.06. The van der Waals surface area contributed by atoms with E-state index in [1.807, 2.05) is 11.5 Å². The van der Waals surface area contributed by atoms with Gasteiger partial charge in [-0.2, -0.15) is 4.31 Å².